The van der Waals surface area contributed by atoms with E-state index in [1.807, 2.05) is 0 Å². The minimum atomic E-state index is -4.82. The van der Waals surface area contributed by atoms with Crippen molar-refractivity contribution in [1.29, 1.82) is 0 Å². The van der Waals surface area contributed by atoms with Crippen molar-refractivity contribution in [3.8, 4) is 5.75 Å². The summed E-state index contributed by atoms with van der Waals surface area (Å²) in [5.74, 6) is -1.02. The highest BCUT2D eigenvalue weighted by molar-refractivity contribution is 6.03. The Morgan fingerprint density at radius 1 is 1.17 bits per heavy atom. The van der Waals surface area contributed by atoms with Gasteiger partial charge in [0.2, 0.25) is 0 Å². The molecule has 1 aromatic carbocycles. The molecule has 1 amide bonds. The third-order valence-electron chi connectivity index (χ3n) is 4.27. The molecule has 1 aliphatic carbocycles. The molecule has 4 rings (SSSR count). The molecule has 6 nitrogen and oxygen atoms in total. The number of halogens is 5. The third-order valence-corrected chi connectivity index (χ3v) is 4.27. The second-order valence-corrected chi connectivity index (χ2v) is 6.51. The van der Waals surface area contributed by atoms with Gasteiger partial charge in [-0.15, -0.1) is 13.2 Å². The van der Waals surface area contributed by atoms with Crippen LogP contribution in [0.4, 0.5) is 27.6 Å². The maximum absolute atomic E-state index is 13.4. The van der Waals surface area contributed by atoms with Gasteiger partial charge < -0.3 is 10.1 Å². The van der Waals surface area contributed by atoms with Crippen molar-refractivity contribution >= 4 is 17.2 Å². The average Bonchev–Trinajstić information content (AvgIpc) is 3.39. The predicted molar refractivity (Wildman–Crippen MR) is 91.0 cm³/mol. The number of amides is 1. The van der Waals surface area contributed by atoms with Crippen molar-refractivity contribution < 1.29 is 31.5 Å². The third kappa shape index (κ3) is 4.28. The van der Waals surface area contributed by atoms with Gasteiger partial charge in [0.15, 0.2) is 11.3 Å². The van der Waals surface area contributed by atoms with Crippen LogP contribution < -0.4 is 10.1 Å². The summed E-state index contributed by atoms with van der Waals surface area (Å²) in [6.07, 6.45) is -5.87. The zero-order valence-electron chi connectivity index (χ0n) is 14.6. The second kappa shape index (κ2) is 6.98. The molecule has 1 aliphatic rings. The van der Waals surface area contributed by atoms with Crippen LogP contribution in [0.25, 0.3) is 5.65 Å². The first-order valence-corrected chi connectivity index (χ1v) is 8.55. The van der Waals surface area contributed by atoms with Gasteiger partial charge in [-0.05, 0) is 43.2 Å². The van der Waals surface area contributed by atoms with E-state index in [2.05, 4.69) is 20.1 Å². The number of rotatable bonds is 5. The van der Waals surface area contributed by atoms with Crippen LogP contribution in [-0.4, -0.2) is 26.9 Å². The van der Waals surface area contributed by atoms with Crippen molar-refractivity contribution in [2.24, 2.45) is 0 Å². The van der Waals surface area contributed by atoms with Gasteiger partial charge in [0.25, 0.3) is 12.3 Å². The number of fused-ring (bicyclic) bond motifs is 1. The molecule has 0 unspecified atom stereocenters. The monoisotopic (exact) mass is 412 g/mol. The molecule has 1 fully saturated rings. The van der Waals surface area contributed by atoms with Crippen molar-refractivity contribution in [1.82, 2.24) is 14.6 Å². The number of nitrogens with one attached hydrogen (secondary N) is 1. The van der Waals surface area contributed by atoms with Gasteiger partial charge in [-0.2, -0.15) is 5.10 Å². The second-order valence-electron chi connectivity index (χ2n) is 6.51. The Kier molecular flexibility index (Phi) is 4.59. The summed E-state index contributed by atoms with van der Waals surface area (Å²) in [5.41, 5.74) is 0.346. The van der Waals surface area contributed by atoms with Gasteiger partial charge in [-0.3, -0.25) is 4.79 Å². The first-order chi connectivity index (χ1) is 13.7. The van der Waals surface area contributed by atoms with Crippen LogP contribution in [0.15, 0.2) is 36.4 Å². The minimum Gasteiger partial charge on any atom is -0.406 e. The number of benzene rings is 1. The van der Waals surface area contributed by atoms with Crippen LogP contribution in [-0.2, 0) is 0 Å². The topological polar surface area (TPSA) is 68.5 Å². The molecule has 1 saturated carbocycles. The highest BCUT2D eigenvalue weighted by Crippen LogP contribution is 2.40. The molecule has 11 heteroatoms. The number of hydrogen-bond donors (Lipinski definition) is 1. The number of hydrogen-bond acceptors (Lipinski definition) is 4. The summed E-state index contributed by atoms with van der Waals surface area (Å²) in [4.78, 5) is 16.7. The minimum absolute atomic E-state index is 0.128. The summed E-state index contributed by atoms with van der Waals surface area (Å²) in [7, 11) is 0. The Hall–Kier alpha value is -3.24. The Labute approximate surface area is 160 Å². The standard InChI is InChI=1S/C18H13F5N4O2/c19-16(20)14-7-12(9-1-2-9)25-15-8-13(26-27(14)15)17(28)24-10-3-5-11(6-4-10)29-18(21,22)23/h3-9,16H,1-2H2,(H,24,28). The Balaban J connectivity index is 1.56. The zero-order valence-corrected chi connectivity index (χ0v) is 14.6. The average molecular weight is 412 g/mol. The van der Waals surface area contributed by atoms with Gasteiger partial charge in [0, 0.05) is 23.4 Å². The van der Waals surface area contributed by atoms with Crippen LogP contribution in [0.3, 0.4) is 0 Å². The smallest absolute Gasteiger partial charge is 0.406 e. The molecule has 0 saturated heterocycles. The maximum Gasteiger partial charge on any atom is 0.573 e. The summed E-state index contributed by atoms with van der Waals surface area (Å²) in [6.45, 7) is 0. The van der Waals surface area contributed by atoms with E-state index in [0.717, 1.165) is 29.5 Å². The van der Waals surface area contributed by atoms with E-state index in [1.165, 1.54) is 24.3 Å². The predicted octanol–water partition coefficient (Wildman–Crippen LogP) is 4.70. The zero-order chi connectivity index (χ0) is 20.8. The van der Waals surface area contributed by atoms with Crippen molar-refractivity contribution in [2.45, 2.75) is 31.5 Å². The molecule has 2 aromatic heterocycles. The first-order valence-electron chi connectivity index (χ1n) is 8.55. The van der Waals surface area contributed by atoms with Gasteiger partial charge in [-0.1, -0.05) is 0 Å². The fourth-order valence-corrected chi connectivity index (χ4v) is 2.81. The van der Waals surface area contributed by atoms with Gasteiger partial charge in [-0.25, -0.2) is 18.3 Å². The maximum atomic E-state index is 13.4. The molecular formula is C18H13F5N4O2. The number of alkyl halides is 5. The number of carbonyl (C=O) groups excluding carboxylic acids is 1. The quantitative estimate of drug-likeness (QED) is 0.617. The molecule has 0 spiro atoms. The van der Waals surface area contributed by atoms with Crippen molar-refractivity contribution in [2.75, 3.05) is 5.32 Å². The number of aromatic nitrogens is 3. The Morgan fingerprint density at radius 3 is 2.45 bits per heavy atom. The molecule has 3 aromatic rings. The van der Waals surface area contributed by atoms with Crippen LogP contribution in [0.5, 0.6) is 5.75 Å². The van der Waals surface area contributed by atoms with E-state index in [1.54, 1.807) is 0 Å². The number of nitrogens with zero attached hydrogens (tertiary/aromatic N) is 3. The van der Waals surface area contributed by atoms with Crippen LogP contribution in [0.1, 0.15) is 47.1 Å². The largest absolute Gasteiger partial charge is 0.573 e. The van der Waals surface area contributed by atoms with Crippen molar-refractivity contribution in [3.63, 3.8) is 0 Å². The van der Waals surface area contributed by atoms with Crippen LogP contribution >= 0.6 is 0 Å². The van der Waals surface area contributed by atoms with Crippen LogP contribution in [0.2, 0.25) is 0 Å². The lowest BCUT2D eigenvalue weighted by Crippen LogP contribution is -2.17. The Morgan fingerprint density at radius 2 is 1.86 bits per heavy atom. The van der Waals surface area contributed by atoms with E-state index in [9.17, 15) is 26.7 Å². The molecule has 2 heterocycles. The molecule has 0 bridgehead atoms. The van der Waals surface area contributed by atoms with Gasteiger partial charge >= 0.3 is 6.36 Å². The summed E-state index contributed by atoms with van der Waals surface area (Å²) < 4.78 is 68.0. The van der Waals surface area contributed by atoms with Gasteiger partial charge in [0.1, 0.15) is 11.4 Å². The molecule has 0 atom stereocenters. The molecule has 29 heavy (non-hydrogen) atoms. The summed E-state index contributed by atoms with van der Waals surface area (Å²) in [6, 6.07) is 7.07. The van der Waals surface area contributed by atoms with Crippen LogP contribution in [0, 0.1) is 0 Å². The Bertz CT molecular complexity index is 1060. The van der Waals surface area contributed by atoms with Crippen molar-refractivity contribution in [3.05, 3.63) is 53.5 Å². The van der Waals surface area contributed by atoms with E-state index in [0.29, 0.717) is 5.69 Å². The van der Waals surface area contributed by atoms with Gasteiger partial charge in [0.05, 0.1) is 0 Å². The molecule has 152 valence electrons. The van der Waals surface area contributed by atoms with E-state index >= 15 is 0 Å². The number of ether oxygens (including phenoxy) is 1. The number of anilines is 1. The van der Waals surface area contributed by atoms with E-state index in [-0.39, 0.29) is 28.6 Å². The lowest BCUT2D eigenvalue weighted by molar-refractivity contribution is -0.274. The lowest BCUT2D eigenvalue weighted by atomic mass is 10.2. The normalized spacial score (nSPS) is 14.4. The molecule has 0 aliphatic heterocycles. The SMILES string of the molecule is O=C(Nc1ccc(OC(F)(F)F)cc1)c1cc2nc(C3CC3)cc(C(F)F)n2n1. The first kappa shape index (κ1) is 19.1. The summed E-state index contributed by atoms with van der Waals surface area (Å²) >= 11 is 0. The number of carbonyl (C=O) groups is 1. The molecule has 0 radical (unpaired) electrons. The lowest BCUT2D eigenvalue weighted by Gasteiger charge is -2.09. The fraction of sp³-hybridized carbons (Fsp3) is 0.278. The van der Waals surface area contributed by atoms with E-state index in [4.69, 9.17) is 0 Å². The molecule has 1 N–H and O–H groups in total. The molecular weight excluding hydrogens is 399 g/mol. The van der Waals surface area contributed by atoms with E-state index < -0.39 is 24.4 Å². The highest BCUT2D eigenvalue weighted by atomic mass is 19.4. The fourth-order valence-electron chi connectivity index (χ4n) is 2.81. The summed E-state index contributed by atoms with van der Waals surface area (Å²) in [5, 5.41) is 6.35. The highest BCUT2D eigenvalue weighted by Gasteiger charge is 2.31.